The molecule has 1 heterocycles. The van der Waals surface area contributed by atoms with Gasteiger partial charge in [-0.2, -0.15) is 0 Å². The van der Waals surface area contributed by atoms with E-state index in [1.165, 1.54) is 11.4 Å². The molecule has 0 amide bonds. The first kappa shape index (κ1) is 16.9. The van der Waals surface area contributed by atoms with Crippen molar-refractivity contribution in [3.8, 4) is 5.75 Å². The van der Waals surface area contributed by atoms with E-state index in [1.54, 1.807) is 0 Å². The van der Waals surface area contributed by atoms with E-state index in [9.17, 15) is 8.42 Å². The van der Waals surface area contributed by atoms with Gasteiger partial charge in [0.1, 0.15) is 5.75 Å². The van der Waals surface area contributed by atoms with Crippen LogP contribution in [0.4, 0.5) is 0 Å². The highest BCUT2D eigenvalue weighted by atomic mass is 35.5. The predicted molar refractivity (Wildman–Crippen MR) is 90.4 cm³/mol. The second-order valence-electron chi connectivity index (χ2n) is 5.33. The number of fused-ring (bicyclic) bond motifs is 1. The van der Waals surface area contributed by atoms with Crippen molar-refractivity contribution in [1.29, 1.82) is 0 Å². The Morgan fingerprint density at radius 3 is 2.64 bits per heavy atom. The molecule has 0 aliphatic carbocycles. The first-order valence-electron chi connectivity index (χ1n) is 7.02. The fraction of sp³-hybridized carbons (Fsp3) is 0.375. The standard InChI is InChI=1S/C16H20ClNO3S/c1-12-6-9-15-14(11-12)8-7-13(5-4-10-17)16(21-15)18(2)22(3,19)20/h6-9,11H,4-5,10H2,1-3H3. The lowest BCUT2D eigenvalue weighted by Gasteiger charge is -2.22. The molecule has 1 aliphatic rings. The number of rotatable bonds is 5. The van der Waals surface area contributed by atoms with E-state index in [0.29, 0.717) is 23.9 Å². The Morgan fingerprint density at radius 1 is 1.27 bits per heavy atom. The van der Waals surface area contributed by atoms with Gasteiger partial charge in [-0.3, -0.25) is 0 Å². The lowest BCUT2D eigenvalue weighted by atomic mass is 10.1. The molecule has 0 unspecified atom stereocenters. The molecule has 0 N–H and O–H groups in total. The van der Waals surface area contributed by atoms with Gasteiger partial charge in [0.05, 0.1) is 6.26 Å². The van der Waals surface area contributed by atoms with Crippen LogP contribution in [-0.2, 0) is 10.0 Å². The van der Waals surface area contributed by atoms with Crippen molar-refractivity contribution >= 4 is 27.7 Å². The summed E-state index contributed by atoms with van der Waals surface area (Å²) in [6, 6.07) is 5.80. The van der Waals surface area contributed by atoms with Crippen molar-refractivity contribution in [2.75, 3.05) is 19.2 Å². The fourth-order valence-corrected chi connectivity index (χ4v) is 2.78. The molecule has 1 aromatic carbocycles. The third kappa shape index (κ3) is 3.84. The molecule has 2 rings (SSSR count). The fourth-order valence-electron chi connectivity index (χ4n) is 2.19. The Bertz CT molecular complexity index is 723. The summed E-state index contributed by atoms with van der Waals surface area (Å²) < 4.78 is 30.9. The van der Waals surface area contributed by atoms with Crippen LogP contribution in [0, 0.1) is 6.92 Å². The van der Waals surface area contributed by atoms with E-state index < -0.39 is 10.0 Å². The van der Waals surface area contributed by atoms with Gasteiger partial charge in [0, 0.05) is 24.1 Å². The number of sulfonamides is 1. The van der Waals surface area contributed by atoms with Crippen LogP contribution in [0.15, 0.2) is 35.7 Å². The minimum absolute atomic E-state index is 0.339. The van der Waals surface area contributed by atoms with Crippen LogP contribution in [0.2, 0.25) is 0 Å². The van der Waals surface area contributed by atoms with Crippen molar-refractivity contribution in [2.45, 2.75) is 19.8 Å². The van der Waals surface area contributed by atoms with Gasteiger partial charge in [-0.1, -0.05) is 23.8 Å². The highest BCUT2D eigenvalue weighted by molar-refractivity contribution is 7.88. The zero-order chi connectivity index (χ0) is 16.3. The average molecular weight is 342 g/mol. The normalized spacial score (nSPS) is 14.4. The smallest absolute Gasteiger partial charge is 0.234 e. The summed E-state index contributed by atoms with van der Waals surface area (Å²) in [6.07, 6.45) is 6.43. The van der Waals surface area contributed by atoms with E-state index in [2.05, 4.69) is 0 Å². The molecule has 0 bridgehead atoms. The number of allylic oxidation sites excluding steroid dienone is 2. The molecular weight excluding hydrogens is 322 g/mol. The Kier molecular flexibility index (Phi) is 5.19. The first-order chi connectivity index (χ1) is 10.3. The van der Waals surface area contributed by atoms with Gasteiger partial charge in [-0.15, -0.1) is 11.6 Å². The van der Waals surface area contributed by atoms with Crippen molar-refractivity contribution in [2.24, 2.45) is 0 Å². The number of alkyl halides is 1. The molecule has 1 aromatic rings. The maximum absolute atomic E-state index is 11.9. The molecule has 4 nitrogen and oxygen atoms in total. The molecule has 6 heteroatoms. The van der Waals surface area contributed by atoms with Crippen LogP contribution in [0.5, 0.6) is 5.75 Å². The molecule has 0 saturated carbocycles. The van der Waals surface area contributed by atoms with E-state index in [0.717, 1.165) is 29.4 Å². The summed E-state index contributed by atoms with van der Waals surface area (Å²) in [6.45, 7) is 2.00. The van der Waals surface area contributed by atoms with Crippen LogP contribution in [-0.4, -0.2) is 31.9 Å². The summed E-state index contributed by atoms with van der Waals surface area (Å²) >= 11 is 5.77. The van der Waals surface area contributed by atoms with Crippen molar-refractivity contribution in [3.63, 3.8) is 0 Å². The van der Waals surface area contributed by atoms with Gasteiger partial charge < -0.3 is 4.74 Å². The third-order valence-electron chi connectivity index (χ3n) is 3.47. The lowest BCUT2D eigenvalue weighted by molar-refractivity contribution is 0.317. The molecule has 0 aromatic heterocycles. The van der Waals surface area contributed by atoms with Crippen molar-refractivity contribution in [3.05, 3.63) is 46.9 Å². The van der Waals surface area contributed by atoms with Gasteiger partial charge in [-0.05, 0) is 31.9 Å². The SMILES string of the molecule is Cc1ccc2c(c1)C=CC(CCCCl)=C(N(C)S(C)(=O)=O)O2. The molecule has 0 saturated heterocycles. The minimum atomic E-state index is -3.40. The van der Waals surface area contributed by atoms with Gasteiger partial charge in [-0.25, -0.2) is 12.7 Å². The Labute approximate surface area is 137 Å². The van der Waals surface area contributed by atoms with Gasteiger partial charge in [0.15, 0.2) is 0 Å². The third-order valence-corrected chi connectivity index (χ3v) is 4.90. The quantitative estimate of drug-likeness (QED) is 0.770. The monoisotopic (exact) mass is 341 g/mol. The first-order valence-corrected chi connectivity index (χ1v) is 9.41. The predicted octanol–water partition coefficient (Wildman–Crippen LogP) is 3.52. The van der Waals surface area contributed by atoms with E-state index in [1.807, 2.05) is 37.3 Å². The topological polar surface area (TPSA) is 46.6 Å². The number of aryl methyl sites for hydroxylation is 1. The van der Waals surface area contributed by atoms with Crippen LogP contribution in [0.25, 0.3) is 6.08 Å². The summed E-state index contributed by atoms with van der Waals surface area (Å²) in [7, 11) is -1.91. The minimum Gasteiger partial charge on any atom is -0.439 e. The summed E-state index contributed by atoms with van der Waals surface area (Å²) in [5.41, 5.74) is 2.87. The molecular formula is C16H20ClNO3S. The number of nitrogens with zero attached hydrogens (tertiary/aromatic N) is 1. The van der Waals surface area contributed by atoms with Crippen molar-refractivity contribution in [1.82, 2.24) is 4.31 Å². The van der Waals surface area contributed by atoms with Crippen LogP contribution in [0.1, 0.15) is 24.0 Å². The Balaban J connectivity index is 2.49. The van der Waals surface area contributed by atoms with Crippen LogP contribution in [0.3, 0.4) is 0 Å². The molecule has 0 atom stereocenters. The van der Waals surface area contributed by atoms with Gasteiger partial charge in [0.25, 0.3) is 0 Å². The Hall–Kier alpha value is -1.46. The molecule has 1 aliphatic heterocycles. The van der Waals surface area contributed by atoms with E-state index in [-0.39, 0.29) is 0 Å². The lowest BCUT2D eigenvalue weighted by Crippen LogP contribution is -2.29. The van der Waals surface area contributed by atoms with Gasteiger partial charge >= 0.3 is 0 Å². The number of hydrogen-bond donors (Lipinski definition) is 0. The number of halogens is 1. The number of benzene rings is 1. The van der Waals surface area contributed by atoms with Crippen LogP contribution >= 0.6 is 11.6 Å². The Morgan fingerprint density at radius 2 is 2.00 bits per heavy atom. The van der Waals surface area contributed by atoms with Crippen molar-refractivity contribution < 1.29 is 13.2 Å². The molecule has 0 spiro atoms. The molecule has 120 valence electrons. The zero-order valence-electron chi connectivity index (χ0n) is 13.0. The maximum atomic E-state index is 11.9. The number of hydrogen-bond acceptors (Lipinski definition) is 3. The second-order valence-corrected chi connectivity index (χ2v) is 7.72. The van der Waals surface area contributed by atoms with E-state index in [4.69, 9.17) is 16.3 Å². The largest absolute Gasteiger partial charge is 0.439 e. The average Bonchev–Trinajstić information content (AvgIpc) is 2.62. The van der Waals surface area contributed by atoms with Crippen LogP contribution < -0.4 is 4.74 Å². The maximum Gasteiger partial charge on any atom is 0.234 e. The molecule has 0 radical (unpaired) electrons. The number of ether oxygens (including phenoxy) is 1. The van der Waals surface area contributed by atoms with Gasteiger partial charge in [0.2, 0.25) is 15.9 Å². The highest BCUT2D eigenvalue weighted by Gasteiger charge is 2.22. The summed E-state index contributed by atoms with van der Waals surface area (Å²) in [4.78, 5) is 0. The summed E-state index contributed by atoms with van der Waals surface area (Å²) in [5, 5.41) is 0. The highest BCUT2D eigenvalue weighted by Crippen LogP contribution is 2.31. The zero-order valence-corrected chi connectivity index (χ0v) is 14.5. The summed E-state index contributed by atoms with van der Waals surface area (Å²) in [5.74, 6) is 1.50. The molecule has 0 fully saturated rings. The second kappa shape index (κ2) is 6.75. The van der Waals surface area contributed by atoms with E-state index >= 15 is 0 Å². The molecule has 22 heavy (non-hydrogen) atoms.